The average molecular weight is 301 g/mol. The predicted molar refractivity (Wildman–Crippen MR) is 86.3 cm³/mol. The SMILES string of the molecule is CSC1CCC(NCC(O)COC2CCCCC2C)C1. The molecular formula is C16H31NO2S. The molecule has 2 saturated carbocycles. The second kappa shape index (κ2) is 8.62. The molecule has 4 heteroatoms. The Bertz CT molecular complexity index is 277. The lowest BCUT2D eigenvalue weighted by atomic mass is 9.88. The van der Waals surface area contributed by atoms with Gasteiger partial charge in [-0.15, -0.1) is 0 Å². The molecule has 0 aromatic carbocycles. The standard InChI is InChI=1S/C16H31NO2S/c1-12-5-3-4-6-16(12)19-11-14(18)10-17-13-7-8-15(9-13)20-2/h12-18H,3-11H2,1-2H3. The van der Waals surface area contributed by atoms with E-state index in [9.17, 15) is 5.11 Å². The van der Waals surface area contributed by atoms with Crippen molar-refractivity contribution >= 4 is 11.8 Å². The summed E-state index contributed by atoms with van der Waals surface area (Å²) in [4.78, 5) is 0. The summed E-state index contributed by atoms with van der Waals surface area (Å²) in [5.41, 5.74) is 0. The molecular weight excluding hydrogens is 270 g/mol. The molecule has 0 radical (unpaired) electrons. The number of nitrogens with one attached hydrogen (secondary N) is 1. The van der Waals surface area contributed by atoms with Crippen molar-refractivity contribution in [1.29, 1.82) is 0 Å². The fourth-order valence-corrected chi connectivity index (χ4v) is 4.26. The molecule has 2 fully saturated rings. The van der Waals surface area contributed by atoms with Gasteiger partial charge in [-0.1, -0.05) is 19.8 Å². The van der Waals surface area contributed by atoms with Crippen molar-refractivity contribution in [1.82, 2.24) is 5.32 Å². The lowest BCUT2D eigenvalue weighted by Gasteiger charge is -2.29. The summed E-state index contributed by atoms with van der Waals surface area (Å²) < 4.78 is 5.92. The summed E-state index contributed by atoms with van der Waals surface area (Å²) in [5.74, 6) is 0.654. The van der Waals surface area contributed by atoms with Gasteiger partial charge in [-0.3, -0.25) is 0 Å². The molecule has 5 unspecified atom stereocenters. The molecule has 2 aliphatic carbocycles. The minimum Gasteiger partial charge on any atom is -0.389 e. The largest absolute Gasteiger partial charge is 0.389 e. The van der Waals surface area contributed by atoms with Crippen LogP contribution in [0.5, 0.6) is 0 Å². The fraction of sp³-hybridized carbons (Fsp3) is 1.00. The Hall–Kier alpha value is 0.230. The number of rotatable bonds is 7. The van der Waals surface area contributed by atoms with Gasteiger partial charge in [0.25, 0.3) is 0 Å². The van der Waals surface area contributed by atoms with Crippen molar-refractivity contribution in [3.05, 3.63) is 0 Å². The highest BCUT2D eigenvalue weighted by Crippen LogP contribution is 2.28. The second-order valence-corrected chi connectivity index (χ2v) is 7.70. The zero-order valence-electron chi connectivity index (χ0n) is 13.0. The van der Waals surface area contributed by atoms with Crippen LogP contribution in [0.25, 0.3) is 0 Å². The van der Waals surface area contributed by atoms with Crippen LogP contribution in [0.4, 0.5) is 0 Å². The van der Waals surface area contributed by atoms with E-state index in [4.69, 9.17) is 4.74 Å². The maximum atomic E-state index is 10.1. The molecule has 3 nitrogen and oxygen atoms in total. The summed E-state index contributed by atoms with van der Waals surface area (Å²) in [6.07, 6.45) is 11.1. The molecule has 2 rings (SSSR count). The maximum absolute atomic E-state index is 10.1. The summed E-state index contributed by atoms with van der Waals surface area (Å²) in [5, 5.41) is 14.4. The third kappa shape index (κ3) is 5.21. The molecule has 0 spiro atoms. The number of hydrogen-bond donors (Lipinski definition) is 2. The van der Waals surface area contributed by atoms with Crippen LogP contribution in [0.2, 0.25) is 0 Å². The van der Waals surface area contributed by atoms with Crippen LogP contribution in [0.15, 0.2) is 0 Å². The van der Waals surface area contributed by atoms with E-state index in [1.807, 2.05) is 11.8 Å². The highest BCUT2D eigenvalue weighted by atomic mass is 32.2. The Kier molecular flexibility index (Phi) is 7.15. The smallest absolute Gasteiger partial charge is 0.0897 e. The molecule has 118 valence electrons. The Morgan fingerprint density at radius 3 is 2.75 bits per heavy atom. The normalized spacial score (nSPS) is 36.1. The highest BCUT2D eigenvalue weighted by molar-refractivity contribution is 7.99. The Balaban J connectivity index is 1.57. The molecule has 0 saturated heterocycles. The quantitative estimate of drug-likeness (QED) is 0.759. The van der Waals surface area contributed by atoms with Crippen molar-refractivity contribution < 1.29 is 9.84 Å². The number of hydrogen-bond acceptors (Lipinski definition) is 4. The third-order valence-corrected chi connectivity index (χ3v) is 5.99. The molecule has 0 bridgehead atoms. The Morgan fingerprint density at radius 1 is 1.25 bits per heavy atom. The highest BCUT2D eigenvalue weighted by Gasteiger charge is 2.25. The van der Waals surface area contributed by atoms with E-state index in [1.165, 1.54) is 44.9 Å². The van der Waals surface area contributed by atoms with Crippen LogP contribution in [0.1, 0.15) is 51.9 Å². The molecule has 20 heavy (non-hydrogen) atoms. The van der Waals surface area contributed by atoms with Crippen LogP contribution >= 0.6 is 11.8 Å². The minimum absolute atomic E-state index is 0.363. The molecule has 0 aromatic rings. The van der Waals surface area contributed by atoms with E-state index in [2.05, 4.69) is 18.5 Å². The van der Waals surface area contributed by atoms with E-state index in [0.29, 0.717) is 31.2 Å². The number of aliphatic hydroxyl groups excluding tert-OH is 1. The van der Waals surface area contributed by atoms with Gasteiger partial charge in [0.2, 0.25) is 0 Å². The van der Waals surface area contributed by atoms with E-state index in [0.717, 1.165) is 5.25 Å². The van der Waals surface area contributed by atoms with Crippen LogP contribution in [0.3, 0.4) is 0 Å². The van der Waals surface area contributed by atoms with Crippen molar-refractivity contribution in [2.75, 3.05) is 19.4 Å². The van der Waals surface area contributed by atoms with E-state index < -0.39 is 0 Å². The third-order valence-electron chi connectivity index (χ3n) is 4.90. The summed E-state index contributed by atoms with van der Waals surface area (Å²) in [7, 11) is 0. The van der Waals surface area contributed by atoms with Gasteiger partial charge in [0.15, 0.2) is 0 Å². The molecule has 0 aliphatic heterocycles. The first-order chi connectivity index (χ1) is 9.69. The van der Waals surface area contributed by atoms with Crippen molar-refractivity contribution in [3.8, 4) is 0 Å². The summed E-state index contributed by atoms with van der Waals surface area (Å²) in [6, 6.07) is 0.593. The van der Waals surface area contributed by atoms with Gasteiger partial charge in [-0.25, -0.2) is 0 Å². The van der Waals surface area contributed by atoms with Crippen molar-refractivity contribution in [3.63, 3.8) is 0 Å². The first-order valence-corrected chi connectivity index (χ1v) is 9.53. The zero-order chi connectivity index (χ0) is 14.4. The number of ether oxygens (including phenoxy) is 1. The average Bonchev–Trinajstić information content (AvgIpc) is 2.92. The lowest BCUT2D eigenvalue weighted by molar-refractivity contribution is -0.0455. The monoisotopic (exact) mass is 301 g/mol. The first kappa shape index (κ1) is 16.6. The van der Waals surface area contributed by atoms with E-state index in [-0.39, 0.29) is 6.10 Å². The molecule has 0 amide bonds. The molecule has 0 heterocycles. The number of thioether (sulfide) groups is 1. The van der Waals surface area contributed by atoms with Crippen LogP contribution in [0, 0.1) is 5.92 Å². The van der Waals surface area contributed by atoms with E-state index in [1.54, 1.807) is 0 Å². The summed E-state index contributed by atoms with van der Waals surface area (Å²) >= 11 is 1.97. The van der Waals surface area contributed by atoms with E-state index >= 15 is 0 Å². The lowest BCUT2D eigenvalue weighted by Crippen LogP contribution is -2.38. The fourth-order valence-electron chi connectivity index (χ4n) is 3.47. The zero-order valence-corrected chi connectivity index (χ0v) is 13.8. The number of aliphatic hydroxyl groups is 1. The van der Waals surface area contributed by atoms with Crippen molar-refractivity contribution in [2.45, 2.75) is 75.4 Å². The Labute approximate surface area is 128 Å². The summed E-state index contributed by atoms with van der Waals surface area (Å²) in [6.45, 7) is 3.43. The van der Waals surface area contributed by atoms with Gasteiger partial charge >= 0.3 is 0 Å². The van der Waals surface area contributed by atoms with Crippen LogP contribution in [-0.2, 0) is 4.74 Å². The second-order valence-electron chi connectivity index (χ2n) is 6.56. The molecule has 2 aliphatic rings. The van der Waals surface area contributed by atoms with Gasteiger partial charge in [0.05, 0.1) is 18.8 Å². The first-order valence-electron chi connectivity index (χ1n) is 8.25. The predicted octanol–water partition coefficient (Wildman–Crippen LogP) is 2.82. The van der Waals surface area contributed by atoms with Gasteiger partial charge in [0.1, 0.15) is 0 Å². The van der Waals surface area contributed by atoms with Gasteiger partial charge in [-0.05, 0) is 44.3 Å². The van der Waals surface area contributed by atoms with Gasteiger partial charge in [0, 0.05) is 17.8 Å². The topological polar surface area (TPSA) is 41.5 Å². The van der Waals surface area contributed by atoms with Gasteiger partial charge in [-0.2, -0.15) is 11.8 Å². The van der Waals surface area contributed by atoms with Crippen LogP contribution in [-0.4, -0.2) is 48.0 Å². The molecule has 2 N–H and O–H groups in total. The minimum atomic E-state index is -0.363. The van der Waals surface area contributed by atoms with Crippen molar-refractivity contribution in [2.24, 2.45) is 5.92 Å². The maximum Gasteiger partial charge on any atom is 0.0897 e. The van der Waals surface area contributed by atoms with Gasteiger partial charge < -0.3 is 15.2 Å². The Morgan fingerprint density at radius 2 is 2.05 bits per heavy atom. The van der Waals surface area contributed by atoms with Crippen LogP contribution < -0.4 is 5.32 Å². The molecule has 5 atom stereocenters. The molecule has 0 aromatic heterocycles.